The molecule has 0 aromatic carbocycles. The Labute approximate surface area is 79.6 Å². The number of nitrogens with one attached hydrogen (secondary N) is 1. The summed E-state index contributed by atoms with van der Waals surface area (Å²) in [4.78, 5) is 2.14. The maximum absolute atomic E-state index is 8.24. The molecule has 0 aliphatic carbocycles. The highest BCUT2D eigenvalue weighted by Crippen LogP contribution is 1.81. The van der Waals surface area contributed by atoms with E-state index in [0.717, 1.165) is 26.1 Å². The van der Waals surface area contributed by atoms with Crippen LogP contribution in [0.1, 0.15) is 12.8 Å². The van der Waals surface area contributed by atoms with Gasteiger partial charge in [0.2, 0.25) is 0 Å². The van der Waals surface area contributed by atoms with Crippen LogP contribution in [-0.2, 0) is 0 Å². The normalized spacial score (nSPS) is 12.4. The first-order chi connectivity index (χ1) is 6.16. The quantitative estimate of drug-likeness (QED) is 0.168. The highest BCUT2D eigenvalue weighted by atomic mass is 16.4. The van der Waals surface area contributed by atoms with Crippen molar-refractivity contribution in [2.75, 3.05) is 33.7 Å². The third kappa shape index (κ3) is 9.10. The van der Waals surface area contributed by atoms with Crippen LogP contribution in [0.15, 0.2) is 5.16 Å². The van der Waals surface area contributed by atoms with Crippen LogP contribution in [0.3, 0.4) is 0 Å². The van der Waals surface area contributed by atoms with Crippen LogP contribution < -0.4 is 11.1 Å². The number of rotatable bonds is 7. The Bertz CT molecular complexity index is 147. The van der Waals surface area contributed by atoms with Crippen molar-refractivity contribution in [3.8, 4) is 0 Å². The Hall–Kier alpha value is -0.810. The predicted molar refractivity (Wildman–Crippen MR) is 54.1 cm³/mol. The summed E-state index contributed by atoms with van der Waals surface area (Å²) >= 11 is 0. The van der Waals surface area contributed by atoms with E-state index in [1.165, 1.54) is 0 Å². The molecule has 13 heavy (non-hydrogen) atoms. The zero-order valence-electron chi connectivity index (χ0n) is 8.45. The van der Waals surface area contributed by atoms with Crippen LogP contribution in [0.2, 0.25) is 0 Å². The van der Waals surface area contributed by atoms with Gasteiger partial charge in [-0.05, 0) is 33.6 Å². The standard InChI is InChI=1S/C8H20N4O/c1-12(2)7-3-5-10-6-4-8(9)11-13/h10,13H,3-7H2,1-2H3,(H2,9,11). The van der Waals surface area contributed by atoms with Crippen LogP contribution in [0.5, 0.6) is 0 Å². The van der Waals surface area contributed by atoms with E-state index in [9.17, 15) is 0 Å². The molecule has 5 nitrogen and oxygen atoms in total. The first kappa shape index (κ1) is 12.2. The van der Waals surface area contributed by atoms with Gasteiger partial charge in [0.05, 0.1) is 0 Å². The molecule has 0 aliphatic rings. The minimum absolute atomic E-state index is 0.278. The lowest BCUT2D eigenvalue weighted by Crippen LogP contribution is -2.25. The summed E-state index contributed by atoms with van der Waals surface area (Å²) in [6.45, 7) is 2.82. The summed E-state index contributed by atoms with van der Waals surface area (Å²) in [6, 6.07) is 0. The number of hydrogen-bond acceptors (Lipinski definition) is 4. The third-order valence-electron chi connectivity index (χ3n) is 1.65. The van der Waals surface area contributed by atoms with Crippen molar-refractivity contribution in [1.82, 2.24) is 10.2 Å². The van der Waals surface area contributed by atoms with E-state index in [1.807, 2.05) is 0 Å². The second kappa shape index (κ2) is 7.82. The molecule has 0 unspecified atom stereocenters. The molecule has 0 amide bonds. The van der Waals surface area contributed by atoms with E-state index >= 15 is 0 Å². The second-order valence-corrected chi connectivity index (χ2v) is 3.25. The molecule has 0 rings (SSSR count). The van der Waals surface area contributed by atoms with Gasteiger partial charge in [-0.1, -0.05) is 5.16 Å². The zero-order chi connectivity index (χ0) is 10.1. The van der Waals surface area contributed by atoms with Crippen molar-refractivity contribution >= 4 is 5.84 Å². The fraction of sp³-hybridized carbons (Fsp3) is 0.875. The first-order valence-electron chi connectivity index (χ1n) is 4.48. The maximum Gasteiger partial charge on any atom is 0.140 e. The summed E-state index contributed by atoms with van der Waals surface area (Å²) < 4.78 is 0. The average Bonchev–Trinajstić information content (AvgIpc) is 2.10. The molecular weight excluding hydrogens is 168 g/mol. The van der Waals surface area contributed by atoms with Gasteiger partial charge in [0.25, 0.3) is 0 Å². The van der Waals surface area contributed by atoms with Gasteiger partial charge in [-0.15, -0.1) is 0 Å². The minimum atomic E-state index is 0.278. The van der Waals surface area contributed by atoms with Gasteiger partial charge in [-0.25, -0.2) is 0 Å². The monoisotopic (exact) mass is 188 g/mol. The molecule has 0 aromatic heterocycles. The van der Waals surface area contributed by atoms with Crippen molar-refractivity contribution in [2.45, 2.75) is 12.8 Å². The number of hydrogen-bond donors (Lipinski definition) is 3. The fourth-order valence-electron chi connectivity index (χ4n) is 0.912. The molecule has 0 heterocycles. The van der Waals surface area contributed by atoms with Crippen molar-refractivity contribution in [3.63, 3.8) is 0 Å². The summed E-state index contributed by atoms with van der Waals surface area (Å²) in [6.07, 6.45) is 1.71. The summed E-state index contributed by atoms with van der Waals surface area (Å²) in [5.74, 6) is 0.278. The van der Waals surface area contributed by atoms with Crippen LogP contribution in [-0.4, -0.2) is 49.7 Å². The fourth-order valence-corrected chi connectivity index (χ4v) is 0.912. The molecule has 0 atom stereocenters. The molecule has 0 spiro atoms. The molecule has 0 aromatic rings. The Balaban J connectivity index is 3.09. The van der Waals surface area contributed by atoms with Crippen LogP contribution in [0.25, 0.3) is 0 Å². The number of amidine groups is 1. The van der Waals surface area contributed by atoms with E-state index in [4.69, 9.17) is 10.9 Å². The smallest absolute Gasteiger partial charge is 0.140 e. The van der Waals surface area contributed by atoms with Gasteiger partial charge >= 0.3 is 0 Å². The second-order valence-electron chi connectivity index (χ2n) is 3.25. The highest BCUT2D eigenvalue weighted by molar-refractivity contribution is 5.79. The lowest BCUT2D eigenvalue weighted by Gasteiger charge is -2.09. The molecule has 5 heteroatoms. The summed E-state index contributed by atoms with van der Waals surface area (Å²) in [5.41, 5.74) is 5.29. The predicted octanol–water partition coefficient (Wildman–Crippen LogP) is -0.336. The third-order valence-corrected chi connectivity index (χ3v) is 1.65. The molecule has 0 radical (unpaired) electrons. The Morgan fingerprint density at radius 2 is 2.15 bits per heavy atom. The zero-order valence-corrected chi connectivity index (χ0v) is 8.45. The van der Waals surface area contributed by atoms with Crippen molar-refractivity contribution in [2.24, 2.45) is 10.9 Å². The lowest BCUT2D eigenvalue weighted by molar-refractivity contribution is 0.316. The van der Waals surface area contributed by atoms with Crippen LogP contribution in [0, 0.1) is 0 Å². The SMILES string of the molecule is CN(C)CCCNCCC(N)=NO. The van der Waals surface area contributed by atoms with Crippen molar-refractivity contribution < 1.29 is 5.21 Å². The molecule has 0 bridgehead atoms. The number of oxime groups is 1. The van der Waals surface area contributed by atoms with Crippen LogP contribution >= 0.6 is 0 Å². The summed E-state index contributed by atoms with van der Waals surface area (Å²) in [5, 5.41) is 14.3. The molecule has 78 valence electrons. The molecule has 0 saturated heterocycles. The van der Waals surface area contributed by atoms with Crippen molar-refractivity contribution in [3.05, 3.63) is 0 Å². The Morgan fingerprint density at radius 3 is 2.69 bits per heavy atom. The van der Waals surface area contributed by atoms with Gasteiger partial charge in [0.1, 0.15) is 5.84 Å². The Kier molecular flexibility index (Phi) is 7.33. The first-order valence-corrected chi connectivity index (χ1v) is 4.48. The van der Waals surface area contributed by atoms with Gasteiger partial charge < -0.3 is 21.2 Å². The molecule has 4 N–H and O–H groups in total. The largest absolute Gasteiger partial charge is 0.409 e. The molecule has 0 saturated carbocycles. The highest BCUT2D eigenvalue weighted by Gasteiger charge is 1.93. The molecular formula is C8H20N4O. The Morgan fingerprint density at radius 1 is 1.46 bits per heavy atom. The number of nitrogens with two attached hydrogens (primary N) is 1. The maximum atomic E-state index is 8.24. The van der Waals surface area contributed by atoms with E-state index in [0.29, 0.717) is 6.42 Å². The number of nitrogens with zero attached hydrogens (tertiary/aromatic N) is 2. The topological polar surface area (TPSA) is 73.9 Å². The van der Waals surface area contributed by atoms with E-state index < -0.39 is 0 Å². The summed E-state index contributed by atoms with van der Waals surface area (Å²) in [7, 11) is 4.10. The van der Waals surface area contributed by atoms with E-state index in [1.54, 1.807) is 0 Å². The van der Waals surface area contributed by atoms with Crippen LogP contribution in [0.4, 0.5) is 0 Å². The molecule has 0 fully saturated rings. The van der Waals surface area contributed by atoms with Gasteiger partial charge in [0.15, 0.2) is 0 Å². The lowest BCUT2D eigenvalue weighted by atomic mass is 10.3. The minimum Gasteiger partial charge on any atom is -0.409 e. The van der Waals surface area contributed by atoms with Crippen molar-refractivity contribution in [1.29, 1.82) is 0 Å². The molecule has 0 aliphatic heterocycles. The van der Waals surface area contributed by atoms with Gasteiger partial charge in [-0.2, -0.15) is 0 Å². The van der Waals surface area contributed by atoms with E-state index in [2.05, 4.69) is 29.5 Å². The van der Waals surface area contributed by atoms with Gasteiger partial charge in [-0.3, -0.25) is 0 Å². The van der Waals surface area contributed by atoms with E-state index in [-0.39, 0.29) is 5.84 Å². The average molecular weight is 188 g/mol. The van der Waals surface area contributed by atoms with Gasteiger partial charge in [0, 0.05) is 13.0 Å².